The molecule has 0 saturated carbocycles. The van der Waals surface area contributed by atoms with Crippen molar-refractivity contribution in [1.29, 1.82) is 0 Å². The summed E-state index contributed by atoms with van der Waals surface area (Å²) in [6.07, 6.45) is 1.47. The Kier molecular flexibility index (Phi) is 6.23. The number of nitro benzene ring substituents is 1. The van der Waals surface area contributed by atoms with Gasteiger partial charge in [-0.15, -0.1) is 0 Å². The van der Waals surface area contributed by atoms with Crippen LogP contribution in [0.4, 0.5) is 17.2 Å². The van der Waals surface area contributed by atoms with Crippen molar-refractivity contribution in [3.63, 3.8) is 0 Å². The lowest BCUT2D eigenvalue weighted by Gasteiger charge is -2.09. The van der Waals surface area contributed by atoms with Crippen LogP contribution >= 0.6 is 0 Å². The number of hydrogen-bond acceptors (Lipinski definition) is 7. The van der Waals surface area contributed by atoms with E-state index >= 15 is 0 Å². The van der Waals surface area contributed by atoms with Crippen LogP contribution in [0.1, 0.15) is 0 Å². The molecule has 0 aliphatic carbocycles. The number of carbonyl (C=O) groups is 1. The van der Waals surface area contributed by atoms with Crippen molar-refractivity contribution >= 4 is 33.1 Å². The summed E-state index contributed by atoms with van der Waals surface area (Å²) in [5, 5.41) is 13.2. The van der Waals surface area contributed by atoms with E-state index in [1.165, 1.54) is 60.8 Å². The van der Waals surface area contributed by atoms with Crippen molar-refractivity contribution in [3.05, 3.63) is 83.0 Å². The number of aromatic nitrogens is 1. The molecule has 3 aromatic rings. The number of carbonyl (C=O) groups excluding carboxylic acids is 1. The Bertz CT molecular complexity index is 1130. The van der Waals surface area contributed by atoms with Gasteiger partial charge in [-0.05, 0) is 48.5 Å². The van der Waals surface area contributed by atoms with Gasteiger partial charge >= 0.3 is 0 Å². The van der Waals surface area contributed by atoms with Crippen molar-refractivity contribution in [3.8, 4) is 5.75 Å². The Morgan fingerprint density at radius 2 is 1.73 bits per heavy atom. The third-order valence-electron chi connectivity index (χ3n) is 3.77. The minimum atomic E-state index is -3.81. The highest BCUT2D eigenvalue weighted by atomic mass is 32.2. The van der Waals surface area contributed by atoms with Crippen LogP contribution in [0.2, 0.25) is 0 Å². The summed E-state index contributed by atoms with van der Waals surface area (Å²) in [4.78, 5) is 26.0. The third kappa shape index (κ3) is 5.52. The van der Waals surface area contributed by atoms with Crippen LogP contribution in [0, 0.1) is 10.1 Å². The summed E-state index contributed by atoms with van der Waals surface area (Å²) in [7, 11) is -3.81. The van der Waals surface area contributed by atoms with Gasteiger partial charge in [0, 0.05) is 24.0 Å². The maximum atomic E-state index is 12.4. The standard InChI is InChI=1S/C19H16N4O6S/c24-19(13-29-16-8-6-15(7-9-16)23(25)26)21-14-4-10-17(11-5-14)30(27,28)22-18-3-1-2-12-20-18/h1-12H,13H2,(H,20,22)(H,21,24). The van der Waals surface area contributed by atoms with Crippen LogP contribution in [0.3, 0.4) is 0 Å². The van der Waals surface area contributed by atoms with Crippen molar-refractivity contribution in [2.75, 3.05) is 16.6 Å². The van der Waals surface area contributed by atoms with E-state index in [1.807, 2.05) is 0 Å². The van der Waals surface area contributed by atoms with Gasteiger partial charge in [0.1, 0.15) is 11.6 Å². The fourth-order valence-electron chi connectivity index (χ4n) is 2.35. The average Bonchev–Trinajstić information content (AvgIpc) is 2.73. The molecule has 0 aliphatic rings. The molecule has 2 aromatic carbocycles. The normalized spacial score (nSPS) is 10.8. The van der Waals surface area contributed by atoms with Crippen LogP contribution in [0.15, 0.2) is 77.8 Å². The lowest BCUT2D eigenvalue weighted by atomic mass is 10.3. The second-order valence-corrected chi connectivity index (χ2v) is 7.62. The minimum Gasteiger partial charge on any atom is -0.484 e. The quantitative estimate of drug-likeness (QED) is 0.415. The molecule has 0 fully saturated rings. The summed E-state index contributed by atoms with van der Waals surface area (Å²) in [6.45, 7) is -0.320. The first kappa shape index (κ1) is 20.7. The monoisotopic (exact) mass is 428 g/mol. The summed E-state index contributed by atoms with van der Waals surface area (Å²) < 4.78 is 32.3. The molecular formula is C19H16N4O6S. The molecule has 10 nitrogen and oxygen atoms in total. The third-order valence-corrected chi connectivity index (χ3v) is 5.14. The van der Waals surface area contributed by atoms with Crippen molar-refractivity contribution < 1.29 is 22.9 Å². The molecule has 0 radical (unpaired) electrons. The molecule has 11 heteroatoms. The van der Waals surface area contributed by atoms with Crippen molar-refractivity contribution in [2.24, 2.45) is 0 Å². The minimum absolute atomic E-state index is 0.00767. The fraction of sp³-hybridized carbons (Fsp3) is 0.0526. The highest BCUT2D eigenvalue weighted by Gasteiger charge is 2.15. The van der Waals surface area contributed by atoms with E-state index in [0.717, 1.165) is 0 Å². The van der Waals surface area contributed by atoms with Gasteiger partial charge in [0.25, 0.3) is 21.6 Å². The van der Waals surface area contributed by atoms with E-state index in [9.17, 15) is 23.3 Å². The highest BCUT2D eigenvalue weighted by molar-refractivity contribution is 7.92. The molecule has 0 saturated heterocycles. The van der Waals surface area contributed by atoms with Gasteiger partial charge in [-0.3, -0.25) is 19.6 Å². The van der Waals surface area contributed by atoms with Crippen molar-refractivity contribution in [1.82, 2.24) is 4.98 Å². The zero-order valence-corrected chi connectivity index (χ0v) is 16.2. The number of nitrogens with one attached hydrogen (secondary N) is 2. The SMILES string of the molecule is O=C(COc1ccc([N+](=O)[O-])cc1)Nc1ccc(S(=O)(=O)Nc2ccccn2)cc1. The Morgan fingerprint density at radius 3 is 2.33 bits per heavy atom. The molecule has 0 atom stereocenters. The number of benzene rings is 2. The number of hydrogen-bond donors (Lipinski definition) is 2. The topological polar surface area (TPSA) is 141 Å². The number of sulfonamides is 1. The molecule has 0 spiro atoms. The van der Waals surface area contributed by atoms with Crippen LogP contribution < -0.4 is 14.8 Å². The van der Waals surface area contributed by atoms with E-state index in [0.29, 0.717) is 11.4 Å². The Labute approximate surface area is 171 Å². The van der Waals surface area contributed by atoms with E-state index in [1.54, 1.807) is 12.1 Å². The number of pyridine rings is 1. The predicted molar refractivity (Wildman–Crippen MR) is 109 cm³/mol. The first-order chi connectivity index (χ1) is 14.3. The Balaban J connectivity index is 1.55. The molecule has 1 heterocycles. The molecule has 2 N–H and O–H groups in total. The molecule has 1 aromatic heterocycles. The zero-order chi connectivity index (χ0) is 21.6. The van der Waals surface area contributed by atoms with Crippen LogP contribution in [0.5, 0.6) is 5.75 Å². The van der Waals surface area contributed by atoms with Gasteiger partial charge in [0.15, 0.2) is 6.61 Å². The smallest absolute Gasteiger partial charge is 0.269 e. The number of amides is 1. The second-order valence-electron chi connectivity index (χ2n) is 5.93. The highest BCUT2D eigenvalue weighted by Crippen LogP contribution is 2.18. The molecule has 1 amide bonds. The number of ether oxygens (including phenoxy) is 1. The van der Waals surface area contributed by atoms with E-state index in [-0.39, 0.29) is 23.0 Å². The summed E-state index contributed by atoms with van der Waals surface area (Å²) in [5.41, 5.74) is 0.295. The zero-order valence-electron chi connectivity index (χ0n) is 15.4. The van der Waals surface area contributed by atoms with E-state index in [2.05, 4.69) is 15.0 Å². The van der Waals surface area contributed by atoms with Gasteiger partial charge in [-0.2, -0.15) is 0 Å². The van der Waals surface area contributed by atoms with Gasteiger partial charge in [-0.1, -0.05) is 6.07 Å². The molecular weight excluding hydrogens is 412 g/mol. The van der Waals surface area contributed by atoms with E-state index in [4.69, 9.17) is 4.74 Å². The number of non-ortho nitro benzene ring substituents is 1. The molecule has 30 heavy (non-hydrogen) atoms. The predicted octanol–water partition coefficient (Wildman–Crippen LogP) is 2.81. The molecule has 0 bridgehead atoms. The number of nitro groups is 1. The molecule has 3 rings (SSSR count). The maximum Gasteiger partial charge on any atom is 0.269 e. The molecule has 0 unspecified atom stereocenters. The lowest BCUT2D eigenvalue weighted by molar-refractivity contribution is -0.384. The Hall–Kier alpha value is -3.99. The van der Waals surface area contributed by atoms with Gasteiger partial charge in [0.2, 0.25) is 0 Å². The van der Waals surface area contributed by atoms with Gasteiger partial charge in [0.05, 0.1) is 9.82 Å². The largest absolute Gasteiger partial charge is 0.484 e. The summed E-state index contributed by atoms with van der Waals surface area (Å²) in [5.74, 6) is 0.0200. The lowest BCUT2D eigenvalue weighted by Crippen LogP contribution is -2.20. The summed E-state index contributed by atoms with van der Waals surface area (Å²) in [6, 6.07) is 15.7. The number of nitrogens with zero attached hydrogens (tertiary/aromatic N) is 2. The molecule has 154 valence electrons. The average molecular weight is 428 g/mol. The van der Waals surface area contributed by atoms with E-state index < -0.39 is 20.9 Å². The first-order valence-corrected chi connectivity index (χ1v) is 10.0. The first-order valence-electron chi connectivity index (χ1n) is 8.54. The van der Waals surface area contributed by atoms with Gasteiger partial charge < -0.3 is 10.1 Å². The second kappa shape index (κ2) is 9.01. The Morgan fingerprint density at radius 1 is 1.03 bits per heavy atom. The van der Waals surface area contributed by atoms with Crippen LogP contribution in [-0.4, -0.2) is 30.8 Å². The maximum absolute atomic E-state index is 12.4. The molecule has 0 aliphatic heterocycles. The summed E-state index contributed by atoms with van der Waals surface area (Å²) >= 11 is 0. The number of anilines is 2. The van der Waals surface area contributed by atoms with Gasteiger partial charge in [-0.25, -0.2) is 13.4 Å². The number of rotatable bonds is 8. The fourth-order valence-corrected chi connectivity index (χ4v) is 3.36. The van der Waals surface area contributed by atoms with Crippen LogP contribution in [0.25, 0.3) is 0 Å². The van der Waals surface area contributed by atoms with Crippen molar-refractivity contribution in [2.45, 2.75) is 4.90 Å². The van der Waals surface area contributed by atoms with Crippen LogP contribution in [-0.2, 0) is 14.8 Å².